The summed E-state index contributed by atoms with van der Waals surface area (Å²) in [5.41, 5.74) is 4.16. The van der Waals surface area contributed by atoms with Crippen LogP contribution in [-0.2, 0) is 9.59 Å². The Morgan fingerprint density at radius 3 is 2.42 bits per heavy atom. The first-order valence-electron chi connectivity index (χ1n) is 10.5. The molecule has 7 heteroatoms. The Balaban J connectivity index is 1.61. The molecule has 0 radical (unpaired) electrons. The SMILES string of the molecule is COc1ccc(C2=C(Nc3ccc4c(c3)OCO4)C(=O)N(c3cccc(C)c3C)C2=O)cc1. The highest BCUT2D eigenvalue weighted by Crippen LogP contribution is 2.38. The molecular formula is C26H22N2O5. The number of nitrogens with one attached hydrogen (secondary N) is 1. The first-order chi connectivity index (χ1) is 16.0. The highest BCUT2D eigenvalue weighted by Gasteiger charge is 2.41. The van der Waals surface area contributed by atoms with Crippen molar-refractivity contribution in [3.8, 4) is 17.2 Å². The number of carbonyl (C=O) groups is 2. The molecular weight excluding hydrogens is 420 g/mol. The molecule has 166 valence electrons. The molecule has 2 heterocycles. The Bertz CT molecular complexity index is 1310. The molecule has 2 aliphatic rings. The van der Waals surface area contributed by atoms with Gasteiger partial charge in [0.1, 0.15) is 11.4 Å². The average Bonchev–Trinajstić information content (AvgIpc) is 3.38. The van der Waals surface area contributed by atoms with Crippen LogP contribution in [0.5, 0.6) is 17.2 Å². The van der Waals surface area contributed by atoms with E-state index in [0.29, 0.717) is 39.8 Å². The van der Waals surface area contributed by atoms with Crippen LogP contribution in [0, 0.1) is 13.8 Å². The average molecular weight is 442 g/mol. The zero-order chi connectivity index (χ0) is 23.1. The highest BCUT2D eigenvalue weighted by molar-refractivity contribution is 6.46. The number of carbonyl (C=O) groups excluding carboxylic acids is 2. The van der Waals surface area contributed by atoms with E-state index in [1.54, 1.807) is 55.6 Å². The summed E-state index contributed by atoms with van der Waals surface area (Å²) >= 11 is 0. The quantitative estimate of drug-likeness (QED) is 0.589. The number of methoxy groups -OCH3 is 1. The molecule has 5 rings (SSSR count). The molecule has 2 amide bonds. The van der Waals surface area contributed by atoms with Gasteiger partial charge in [-0.1, -0.05) is 24.3 Å². The predicted octanol–water partition coefficient (Wildman–Crippen LogP) is 4.44. The second kappa shape index (κ2) is 8.02. The van der Waals surface area contributed by atoms with Crippen LogP contribution in [0.15, 0.2) is 66.4 Å². The van der Waals surface area contributed by atoms with Crippen molar-refractivity contribution in [2.24, 2.45) is 0 Å². The van der Waals surface area contributed by atoms with Gasteiger partial charge in [0, 0.05) is 11.8 Å². The van der Waals surface area contributed by atoms with Gasteiger partial charge in [0.2, 0.25) is 6.79 Å². The number of fused-ring (bicyclic) bond motifs is 1. The molecule has 1 N–H and O–H groups in total. The smallest absolute Gasteiger partial charge is 0.282 e. The van der Waals surface area contributed by atoms with Crippen molar-refractivity contribution in [1.29, 1.82) is 0 Å². The number of nitrogens with zero attached hydrogens (tertiary/aromatic N) is 1. The molecule has 0 aromatic heterocycles. The fourth-order valence-electron chi connectivity index (χ4n) is 3.99. The summed E-state index contributed by atoms with van der Waals surface area (Å²) in [6.07, 6.45) is 0. The minimum Gasteiger partial charge on any atom is -0.497 e. The van der Waals surface area contributed by atoms with E-state index in [2.05, 4.69) is 5.32 Å². The maximum Gasteiger partial charge on any atom is 0.282 e. The van der Waals surface area contributed by atoms with Crippen LogP contribution in [0.1, 0.15) is 16.7 Å². The molecule has 0 aliphatic carbocycles. The van der Waals surface area contributed by atoms with Crippen molar-refractivity contribution in [2.75, 3.05) is 24.1 Å². The lowest BCUT2D eigenvalue weighted by atomic mass is 10.0. The van der Waals surface area contributed by atoms with Crippen molar-refractivity contribution < 1.29 is 23.8 Å². The van der Waals surface area contributed by atoms with Crippen LogP contribution < -0.4 is 24.4 Å². The third-order valence-electron chi connectivity index (χ3n) is 5.92. The molecule has 0 fully saturated rings. The van der Waals surface area contributed by atoms with Crippen LogP contribution in [-0.4, -0.2) is 25.7 Å². The number of aryl methyl sites for hydroxylation is 1. The zero-order valence-electron chi connectivity index (χ0n) is 18.5. The highest BCUT2D eigenvalue weighted by atomic mass is 16.7. The van der Waals surface area contributed by atoms with Gasteiger partial charge in [0.25, 0.3) is 11.8 Å². The van der Waals surface area contributed by atoms with Crippen LogP contribution in [0.25, 0.3) is 5.57 Å². The maximum absolute atomic E-state index is 13.7. The summed E-state index contributed by atoms with van der Waals surface area (Å²) in [5, 5.41) is 3.16. The van der Waals surface area contributed by atoms with Gasteiger partial charge in [0.15, 0.2) is 11.5 Å². The molecule has 0 atom stereocenters. The summed E-state index contributed by atoms with van der Waals surface area (Å²) in [6.45, 7) is 4.01. The standard InChI is InChI=1S/C26H22N2O5/c1-15-5-4-6-20(16(15)2)28-25(29)23(17-7-10-19(31-3)11-8-17)24(26(28)30)27-18-9-12-21-22(13-18)33-14-32-21/h4-13,27H,14H2,1-3H3. The fraction of sp³-hybridized carbons (Fsp3) is 0.154. The van der Waals surface area contributed by atoms with Gasteiger partial charge in [0.05, 0.1) is 18.4 Å². The molecule has 33 heavy (non-hydrogen) atoms. The Labute approximate surface area is 191 Å². The first kappa shape index (κ1) is 20.6. The molecule has 3 aromatic rings. The Kier molecular flexibility index (Phi) is 5.01. The summed E-state index contributed by atoms with van der Waals surface area (Å²) in [7, 11) is 1.58. The lowest BCUT2D eigenvalue weighted by molar-refractivity contribution is -0.120. The zero-order valence-corrected chi connectivity index (χ0v) is 18.5. The molecule has 2 aliphatic heterocycles. The number of ether oxygens (including phenoxy) is 3. The maximum atomic E-state index is 13.7. The van der Waals surface area contributed by atoms with E-state index < -0.39 is 5.91 Å². The number of benzene rings is 3. The van der Waals surface area contributed by atoms with Crippen LogP contribution in [0.2, 0.25) is 0 Å². The van der Waals surface area contributed by atoms with E-state index in [4.69, 9.17) is 14.2 Å². The molecule has 0 saturated heterocycles. The van der Waals surface area contributed by atoms with Gasteiger partial charge in [-0.2, -0.15) is 0 Å². The van der Waals surface area contributed by atoms with Gasteiger partial charge in [-0.3, -0.25) is 9.59 Å². The summed E-state index contributed by atoms with van der Waals surface area (Å²) < 4.78 is 16.1. The minimum absolute atomic E-state index is 0.149. The minimum atomic E-state index is -0.419. The van der Waals surface area contributed by atoms with Crippen molar-refractivity contribution in [3.63, 3.8) is 0 Å². The third-order valence-corrected chi connectivity index (χ3v) is 5.92. The van der Waals surface area contributed by atoms with Crippen LogP contribution >= 0.6 is 0 Å². The largest absolute Gasteiger partial charge is 0.497 e. The summed E-state index contributed by atoms with van der Waals surface area (Å²) in [4.78, 5) is 28.5. The van der Waals surface area contributed by atoms with E-state index in [-0.39, 0.29) is 18.4 Å². The molecule has 3 aromatic carbocycles. The molecule has 0 bridgehead atoms. The van der Waals surface area contributed by atoms with Gasteiger partial charge >= 0.3 is 0 Å². The summed E-state index contributed by atoms with van der Waals surface area (Å²) in [5.74, 6) is 1.07. The van der Waals surface area contributed by atoms with Crippen molar-refractivity contribution in [1.82, 2.24) is 0 Å². The lowest BCUT2D eigenvalue weighted by Crippen LogP contribution is -2.33. The van der Waals surface area contributed by atoms with E-state index in [0.717, 1.165) is 11.1 Å². The number of hydrogen-bond donors (Lipinski definition) is 1. The van der Waals surface area contributed by atoms with Crippen LogP contribution in [0.3, 0.4) is 0 Å². The molecule has 0 spiro atoms. The predicted molar refractivity (Wildman–Crippen MR) is 125 cm³/mol. The second-order valence-electron chi connectivity index (χ2n) is 7.84. The number of imide groups is 1. The van der Waals surface area contributed by atoms with Crippen molar-refractivity contribution in [2.45, 2.75) is 13.8 Å². The first-order valence-corrected chi connectivity index (χ1v) is 10.5. The fourth-order valence-corrected chi connectivity index (χ4v) is 3.99. The Morgan fingerprint density at radius 2 is 1.67 bits per heavy atom. The topological polar surface area (TPSA) is 77.1 Å². The Morgan fingerprint density at radius 1 is 0.909 bits per heavy atom. The van der Waals surface area contributed by atoms with E-state index in [1.165, 1.54) is 4.90 Å². The van der Waals surface area contributed by atoms with E-state index in [9.17, 15) is 9.59 Å². The lowest BCUT2D eigenvalue weighted by Gasteiger charge is -2.19. The van der Waals surface area contributed by atoms with Crippen LogP contribution in [0.4, 0.5) is 11.4 Å². The van der Waals surface area contributed by atoms with Crippen molar-refractivity contribution >= 4 is 28.8 Å². The molecule has 7 nitrogen and oxygen atoms in total. The van der Waals surface area contributed by atoms with E-state index in [1.807, 2.05) is 26.0 Å². The van der Waals surface area contributed by atoms with Gasteiger partial charge in [-0.15, -0.1) is 0 Å². The Hall–Kier alpha value is -4.26. The monoisotopic (exact) mass is 442 g/mol. The number of amides is 2. The number of hydrogen-bond acceptors (Lipinski definition) is 6. The van der Waals surface area contributed by atoms with Gasteiger partial charge < -0.3 is 19.5 Å². The second-order valence-corrected chi connectivity index (χ2v) is 7.84. The summed E-state index contributed by atoms with van der Waals surface area (Å²) in [6, 6.07) is 17.9. The number of rotatable bonds is 5. The van der Waals surface area contributed by atoms with Gasteiger partial charge in [-0.25, -0.2) is 4.90 Å². The normalized spacial score (nSPS) is 14.8. The van der Waals surface area contributed by atoms with Crippen molar-refractivity contribution in [3.05, 3.63) is 83.1 Å². The van der Waals surface area contributed by atoms with E-state index >= 15 is 0 Å². The molecule has 0 unspecified atom stereocenters. The van der Waals surface area contributed by atoms with Gasteiger partial charge in [-0.05, 0) is 60.9 Å². The third kappa shape index (κ3) is 3.47. The number of anilines is 2. The molecule has 0 saturated carbocycles.